The second-order valence-electron chi connectivity index (χ2n) is 3.98. The van der Waals surface area contributed by atoms with Crippen molar-refractivity contribution in [3.8, 4) is 5.75 Å². The number of para-hydroxylation sites is 2. The number of thiophene rings is 1. The fourth-order valence-corrected chi connectivity index (χ4v) is 4.05. The van der Waals surface area contributed by atoms with Gasteiger partial charge in [-0.3, -0.25) is 0 Å². The largest absolute Gasteiger partial charge is 0.494 e. The topological polar surface area (TPSA) is 84.1 Å². The summed E-state index contributed by atoms with van der Waals surface area (Å²) in [6.07, 6.45) is 0. The van der Waals surface area contributed by atoms with Crippen molar-refractivity contribution in [1.29, 1.82) is 0 Å². The van der Waals surface area contributed by atoms with E-state index >= 15 is 0 Å². The molecule has 3 rings (SSSR count). The van der Waals surface area contributed by atoms with E-state index in [-0.39, 0.29) is 10.2 Å². The molecule has 0 atom stereocenters. The first-order valence-corrected chi connectivity index (χ1v) is 8.05. The van der Waals surface area contributed by atoms with Crippen molar-refractivity contribution in [2.45, 2.75) is 4.21 Å². The number of nitrogens with zero attached hydrogens (tertiary/aromatic N) is 1. The number of anilines is 1. The number of hydrogen-bond donors (Lipinski definition) is 2. The molecule has 0 radical (unpaired) electrons. The van der Waals surface area contributed by atoms with Crippen molar-refractivity contribution < 1.29 is 13.2 Å². The lowest BCUT2D eigenvalue weighted by molar-refractivity contribution is 0.406. The molecule has 0 bridgehead atoms. The maximum absolute atomic E-state index is 12.3. The average Bonchev–Trinajstić information content (AvgIpc) is 3.03. The smallest absolute Gasteiger partial charge is 0.277 e. The van der Waals surface area contributed by atoms with Gasteiger partial charge in [0.15, 0.2) is 4.21 Å². The molecule has 1 aromatic carbocycles. The summed E-state index contributed by atoms with van der Waals surface area (Å²) in [5.74, 6) is 0.500. The normalized spacial score (nSPS) is 11.7. The van der Waals surface area contributed by atoms with Crippen LogP contribution in [0.4, 0.5) is 5.95 Å². The predicted molar refractivity (Wildman–Crippen MR) is 77.8 cm³/mol. The van der Waals surface area contributed by atoms with E-state index in [4.69, 9.17) is 4.74 Å². The van der Waals surface area contributed by atoms with Crippen LogP contribution in [0.1, 0.15) is 0 Å². The Labute approximate surface area is 119 Å². The molecule has 2 N–H and O–H groups in total. The number of fused-ring (bicyclic) bond motifs is 1. The molecular formula is C12H11N3O3S2. The van der Waals surface area contributed by atoms with Gasteiger partial charge in [0.1, 0.15) is 5.75 Å². The Hall–Kier alpha value is -2.06. The molecule has 104 valence electrons. The first kappa shape index (κ1) is 12.9. The van der Waals surface area contributed by atoms with E-state index in [0.717, 1.165) is 16.9 Å². The van der Waals surface area contributed by atoms with Gasteiger partial charge in [-0.05, 0) is 23.6 Å². The lowest BCUT2D eigenvalue weighted by Gasteiger charge is -2.05. The van der Waals surface area contributed by atoms with E-state index in [1.54, 1.807) is 17.5 Å². The van der Waals surface area contributed by atoms with Crippen LogP contribution in [0.2, 0.25) is 0 Å². The summed E-state index contributed by atoms with van der Waals surface area (Å²) in [5.41, 5.74) is 1.46. The van der Waals surface area contributed by atoms with Gasteiger partial charge in [-0.2, -0.15) is 0 Å². The number of hydrogen-bond acceptors (Lipinski definition) is 5. The van der Waals surface area contributed by atoms with E-state index in [1.807, 2.05) is 18.2 Å². The third kappa shape index (κ3) is 2.23. The Morgan fingerprint density at radius 2 is 2.10 bits per heavy atom. The molecule has 8 heteroatoms. The van der Waals surface area contributed by atoms with Crippen LogP contribution in [0.5, 0.6) is 5.75 Å². The van der Waals surface area contributed by atoms with E-state index < -0.39 is 10.0 Å². The van der Waals surface area contributed by atoms with Crippen LogP contribution in [-0.2, 0) is 10.0 Å². The van der Waals surface area contributed by atoms with Gasteiger partial charge < -0.3 is 9.72 Å². The molecule has 0 aliphatic rings. The maximum Gasteiger partial charge on any atom is 0.277 e. The van der Waals surface area contributed by atoms with Crippen LogP contribution in [0.15, 0.2) is 39.9 Å². The Bertz CT molecular complexity index is 819. The number of imidazole rings is 1. The zero-order valence-electron chi connectivity index (χ0n) is 10.5. The average molecular weight is 309 g/mol. The van der Waals surface area contributed by atoms with Gasteiger partial charge in [0.25, 0.3) is 10.0 Å². The second kappa shape index (κ2) is 4.80. The minimum atomic E-state index is -3.71. The Balaban J connectivity index is 1.97. The summed E-state index contributed by atoms with van der Waals surface area (Å²) < 4.78 is 32.1. The van der Waals surface area contributed by atoms with Gasteiger partial charge >= 0.3 is 0 Å². The van der Waals surface area contributed by atoms with Gasteiger partial charge in [-0.15, -0.1) is 11.3 Å². The predicted octanol–water partition coefficient (Wildman–Crippen LogP) is 2.43. The summed E-state index contributed by atoms with van der Waals surface area (Å²) in [7, 11) is -2.28. The molecule has 0 saturated carbocycles. The molecule has 0 aliphatic carbocycles. The van der Waals surface area contributed by atoms with Gasteiger partial charge in [-0.25, -0.2) is 18.1 Å². The maximum atomic E-state index is 12.3. The molecule has 2 heterocycles. The molecule has 0 aliphatic heterocycles. The standard InChI is InChI=1S/C12H11N3O3S2/c1-18-10-6-7-19-11(10)20(16,17)15-12-13-8-4-2-3-5-9(8)14-12/h2-7H,1H3,(H2,13,14,15). The number of benzene rings is 1. The van der Waals surface area contributed by atoms with Crippen molar-refractivity contribution in [3.63, 3.8) is 0 Å². The first-order chi connectivity index (χ1) is 9.60. The quantitative estimate of drug-likeness (QED) is 0.775. The summed E-state index contributed by atoms with van der Waals surface area (Å²) in [4.78, 5) is 7.09. The molecule has 0 spiro atoms. The molecule has 0 saturated heterocycles. The number of nitrogens with one attached hydrogen (secondary N) is 2. The summed E-state index contributed by atoms with van der Waals surface area (Å²) >= 11 is 1.09. The Morgan fingerprint density at radius 1 is 1.30 bits per heavy atom. The fraction of sp³-hybridized carbons (Fsp3) is 0.0833. The van der Waals surface area contributed by atoms with Crippen molar-refractivity contribution >= 4 is 38.3 Å². The van der Waals surface area contributed by atoms with Gasteiger partial charge in [0.05, 0.1) is 18.1 Å². The molecule has 0 amide bonds. The van der Waals surface area contributed by atoms with Gasteiger partial charge in [0, 0.05) is 0 Å². The highest BCUT2D eigenvalue weighted by molar-refractivity contribution is 7.94. The zero-order valence-corrected chi connectivity index (χ0v) is 12.1. The number of aromatic nitrogens is 2. The monoisotopic (exact) mass is 309 g/mol. The summed E-state index contributed by atoms with van der Waals surface area (Å²) in [5, 5.41) is 1.66. The van der Waals surface area contributed by atoms with Crippen molar-refractivity contribution in [2.75, 3.05) is 11.8 Å². The zero-order chi connectivity index (χ0) is 14.2. The third-order valence-electron chi connectivity index (χ3n) is 2.68. The minimum Gasteiger partial charge on any atom is -0.494 e. The Morgan fingerprint density at radius 3 is 2.85 bits per heavy atom. The van der Waals surface area contributed by atoms with Crippen molar-refractivity contribution in [1.82, 2.24) is 9.97 Å². The highest BCUT2D eigenvalue weighted by Gasteiger charge is 2.22. The molecule has 6 nitrogen and oxygen atoms in total. The van der Waals surface area contributed by atoms with Crippen LogP contribution in [-0.4, -0.2) is 25.5 Å². The van der Waals surface area contributed by atoms with Crippen LogP contribution < -0.4 is 9.46 Å². The summed E-state index contributed by atoms with van der Waals surface area (Å²) in [6.45, 7) is 0. The lowest BCUT2D eigenvalue weighted by Crippen LogP contribution is -2.13. The van der Waals surface area contributed by atoms with Crippen LogP contribution in [0, 0.1) is 0 Å². The number of aromatic amines is 1. The second-order valence-corrected chi connectivity index (χ2v) is 6.78. The van der Waals surface area contributed by atoms with Crippen LogP contribution >= 0.6 is 11.3 Å². The van der Waals surface area contributed by atoms with E-state index in [1.165, 1.54) is 7.11 Å². The number of ether oxygens (including phenoxy) is 1. The first-order valence-electron chi connectivity index (χ1n) is 5.69. The number of H-pyrrole nitrogens is 1. The van der Waals surface area contributed by atoms with Crippen LogP contribution in [0.25, 0.3) is 11.0 Å². The summed E-state index contributed by atoms with van der Waals surface area (Å²) in [6, 6.07) is 8.92. The highest BCUT2D eigenvalue weighted by atomic mass is 32.2. The van der Waals surface area contributed by atoms with Gasteiger partial charge in [0.2, 0.25) is 5.95 Å². The number of rotatable bonds is 4. The van der Waals surface area contributed by atoms with Gasteiger partial charge in [-0.1, -0.05) is 12.1 Å². The highest BCUT2D eigenvalue weighted by Crippen LogP contribution is 2.30. The van der Waals surface area contributed by atoms with Crippen molar-refractivity contribution in [2.24, 2.45) is 0 Å². The molecular weight excluding hydrogens is 298 g/mol. The Kier molecular flexibility index (Phi) is 3.11. The number of sulfonamides is 1. The molecule has 2 aromatic heterocycles. The fourth-order valence-electron chi connectivity index (χ4n) is 1.81. The lowest BCUT2D eigenvalue weighted by atomic mass is 10.3. The molecule has 20 heavy (non-hydrogen) atoms. The van der Waals surface area contributed by atoms with Crippen molar-refractivity contribution in [3.05, 3.63) is 35.7 Å². The van der Waals surface area contributed by atoms with Crippen LogP contribution in [0.3, 0.4) is 0 Å². The molecule has 3 aromatic rings. The van der Waals surface area contributed by atoms with E-state index in [2.05, 4.69) is 14.7 Å². The third-order valence-corrected chi connectivity index (χ3v) is 5.47. The SMILES string of the molecule is COc1ccsc1S(=O)(=O)Nc1nc2ccccc2[nH]1. The van der Waals surface area contributed by atoms with E-state index in [9.17, 15) is 8.42 Å². The van der Waals surface area contributed by atoms with E-state index in [0.29, 0.717) is 11.3 Å². The minimum absolute atomic E-state index is 0.125. The molecule has 0 fully saturated rings. The number of methoxy groups -OCH3 is 1. The molecule has 0 unspecified atom stereocenters.